The number of hydrogen-bond acceptors (Lipinski definition) is 5. The minimum absolute atomic E-state index is 0.0436. The van der Waals surface area contributed by atoms with Crippen molar-refractivity contribution in [3.63, 3.8) is 0 Å². The average Bonchev–Trinajstić information content (AvgIpc) is 2.88. The van der Waals surface area contributed by atoms with Gasteiger partial charge in [0, 0.05) is 30.6 Å². The number of phenolic OH excluding ortho intramolecular Hbond substituents is 1. The molecule has 4 aromatic rings. The number of hydrogen-bond donors (Lipinski definition) is 5. The third-order valence-electron chi connectivity index (χ3n) is 6.30. The Morgan fingerprint density at radius 3 is 2.55 bits per heavy atom. The second-order valence-corrected chi connectivity index (χ2v) is 10.2. The molecule has 0 saturated heterocycles. The lowest BCUT2D eigenvalue weighted by atomic mass is 10.0. The van der Waals surface area contributed by atoms with Gasteiger partial charge in [0.15, 0.2) is 0 Å². The normalized spacial score (nSPS) is 12.8. The predicted octanol–water partition coefficient (Wildman–Crippen LogP) is 4.65. The highest BCUT2D eigenvalue weighted by Crippen LogP contribution is 2.28. The van der Waals surface area contributed by atoms with Crippen molar-refractivity contribution in [3.8, 4) is 5.75 Å². The standard InChI is InChI=1S/C29H29Cl2N3O4/c1-17(32-16-26(36)21-6-9-25(35)29-22(21)7-10-27(37)34-29)11-18-3-2-4-19(12-18)14-28(38)33-15-20-5-8-23(30)24(31)13-20/h2-10,12-13,17,26,32,35-36H,11,14-16H2,1H3,(H,33,38)(H,34,37)/t17-,26+/m1/s1. The lowest BCUT2D eigenvalue weighted by Crippen LogP contribution is -2.32. The summed E-state index contributed by atoms with van der Waals surface area (Å²) in [6.45, 7) is 2.68. The summed E-state index contributed by atoms with van der Waals surface area (Å²) in [6.07, 6.45) is 0.123. The van der Waals surface area contributed by atoms with Crippen LogP contribution >= 0.6 is 23.2 Å². The number of halogens is 2. The largest absolute Gasteiger partial charge is 0.506 e. The number of benzene rings is 3. The highest BCUT2D eigenvalue weighted by atomic mass is 35.5. The second-order valence-electron chi connectivity index (χ2n) is 9.34. The number of H-pyrrole nitrogens is 1. The first-order chi connectivity index (χ1) is 18.2. The van der Waals surface area contributed by atoms with Crippen LogP contribution in [-0.4, -0.2) is 33.7 Å². The van der Waals surface area contributed by atoms with Crippen LogP contribution in [0.15, 0.2) is 71.5 Å². The molecular formula is C29H29Cl2N3O4. The topological polar surface area (TPSA) is 114 Å². The number of aromatic hydroxyl groups is 1. The van der Waals surface area contributed by atoms with Gasteiger partial charge in [-0.15, -0.1) is 0 Å². The number of amides is 1. The highest BCUT2D eigenvalue weighted by Gasteiger charge is 2.15. The summed E-state index contributed by atoms with van der Waals surface area (Å²) in [5, 5.41) is 28.6. The molecule has 0 bridgehead atoms. The Hall–Kier alpha value is -3.36. The molecular weight excluding hydrogens is 525 g/mol. The van der Waals surface area contributed by atoms with E-state index in [-0.39, 0.29) is 36.2 Å². The van der Waals surface area contributed by atoms with Crippen LogP contribution in [0, 0.1) is 0 Å². The molecule has 3 aromatic carbocycles. The van der Waals surface area contributed by atoms with Crippen LogP contribution in [0.5, 0.6) is 5.75 Å². The SMILES string of the molecule is C[C@H](Cc1cccc(CC(=O)NCc2ccc(Cl)c(Cl)c2)c1)NC[C@H](O)c1ccc(O)c2[nH]c(=O)ccc12. The van der Waals surface area contributed by atoms with Crippen molar-refractivity contribution in [2.45, 2.75) is 38.5 Å². The number of carbonyl (C=O) groups excluding carboxylic acids is 1. The minimum Gasteiger partial charge on any atom is -0.506 e. The molecule has 9 heteroatoms. The summed E-state index contributed by atoms with van der Waals surface area (Å²) < 4.78 is 0. The van der Waals surface area contributed by atoms with E-state index in [2.05, 4.69) is 15.6 Å². The van der Waals surface area contributed by atoms with Crippen LogP contribution < -0.4 is 16.2 Å². The zero-order valence-corrected chi connectivity index (χ0v) is 22.3. The van der Waals surface area contributed by atoms with Crippen LogP contribution in [0.25, 0.3) is 10.9 Å². The van der Waals surface area contributed by atoms with Gasteiger partial charge in [0.1, 0.15) is 5.75 Å². The van der Waals surface area contributed by atoms with E-state index in [1.807, 2.05) is 37.3 Å². The molecule has 0 fully saturated rings. The Bertz CT molecular complexity index is 1510. The number of nitrogens with one attached hydrogen (secondary N) is 3. The van der Waals surface area contributed by atoms with Crippen molar-refractivity contribution in [2.24, 2.45) is 0 Å². The average molecular weight is 554 g/mol. The fourth-order valence-electron chi connectivity index (χ4n) is 4.36. The molecule has 2 atom stereocenters. The number of aliphatic hydroxyl groups excluding tert-OH is 1. The molecule has 0 saturated carbocycles. The van der Waals surface area contributed by atoms with E-state index in [4.69, 9.17) is 23.2 Å². The van der Waals surface area contributed by atoms with Gasteiger partial charge in [0.25, 0.3) is 0 Å². The maximum atomic E-state index is 12.5. The van der Waals surface area contributed by atoms with Crippen molar-refractivity contribution >= 4 is 40.0 Å². The van der Waals surface area contributed by atoms with Crippen molar-refractivity contribution in [1.82, 2.24) is 15.6 Å². The number of aromatic amines is 1. The summed E-state index contributed by atoms with van der Waals surface area (Å²) >= 11 is 12.0. The molecule has 1 amide bonds. The molecule has 4 rings (SSSR count). The fourth-order valence-corrected chi connectivity index (χ4v) is 4.68. The Balaban J connectivity index is 1.30. The van der Waals surface area contributed by atoms with E-state index in [0.29, 0.717) is 39.5 Å². The maximum absolute atomic E-state index is 12.5. The number of aliphatic hydroxyl groups is 1. The van der Waals surface area contributed by atoms with Crippen molar-refractivity contribution in [3.05, 3.63) is 109 Å². The third kappa shape index (κ3) is 7.14. The van der Waals surface area contributed by atoms with Gasteiger partial charge >= 0.3 is 0 Å². The fraction of sp³-hybridized carbons (Fsp3) is 0.241. The molecule has 198 valence electrons. The summed E-state index contributed by atoms with van der Waals surface area (Å²) in [4.78, 5) is 26.7. The molecule has 7 nitrogen and oxygen atoms in total. The highest BCUT2D eigenvalue weighted by molar-refractivity contribution is 6.42. The molecule has 0 unspecified atom stereocenters. The summed E-state index contributed by atoms with van der Waals surface area (Å²) in [5.41, 5.74) is 3.45. The first-order valence-corrected chi connectivity index (χ1v) is 13.0. The van der Waals surface area contributed by atoms with E-state index in [9.17, 15) is 19.8 Å². The van der Waals surface area contributed by atoms with Gasteiger partial charge in [0.05, 0.1) is 28.1 Å². The zero-order chi connectivity index (χ0) is 27.2. The van der Waals surface area contributed by atoms with Gasteiger partial charge in [-0.1, -0.05) is 59.6 Å². The van der Waals surface area contributed by atoms with E-state index < -0.39 is 6.10 Å². The number of phenols is 1. The van der Waals surface area contributed by atoms with Crippen molar-refractivity contribution < 1.29 is 15.0 Å². The monoisotopic (exact) mass is 553 g/mol. The van der Waals surface area contributed by atoms with Crippen molar-refractivity contribution in [2.75, 3.05) is 6.54 Å². The lowest BCUT2D eigenvalue weighted by molar-refractivity contribution is -0.120. The van der Waals surface area contributed by atoms with Crippen LogP contribution in [0.4, 0.5) is 0 Å². The van der Waals surface area contributed by atoms with Gasteiger partial charge < -0.3 is 25.8 Å². The summed E-state index contributed by atoms with van der Waals surface area (Å²) in [5.74, 6) is -0.136. The van der Waals surface area contributed by atoms with Gasteiger partial charge in [-0.05, 0) is 59.9 Å². The second kappa shape index (κ2) is 12.5. The molecule has 0 radical (unpaired) electrons. The molecule has 38 heavy (non-hydrogen) atoms. The van der Waals surface area contributed by atoms with Gasteiger partial charge in [-0.2, -0.15) is 0 Å². The Kier molecular flexibility index (Phi) is 9.07. The quantitative estimate of drug-likeness (QED) is 0.196. The molecule has 5 N–H and O–H groups in total. The Morgan fingerprint density at radius 1 is 0.974 bits per heavy atom. The first-order valence-electron chi connectivity index (χ1n) is 12.2. The summed E-state index contributed by atoms with van der Waals surface area (Å²) in [6, 6.07) is 19.3. The maximum Gasteiger partial charge on any atom is 0.248 e. The van der Waals surface area contributed by atoms with Gasteiger partial charge in [-0.25, -0.2) is 0 Å². The molecule has 0 spiro atoms. The Morgan fingerprint density at radius 2 is 1.76 bits per heavy atom. The van der Waals surface area contributed by atoms with Crippen LogP contribution in [0.1, 0.15) is 35.3 Å². The number of rotatable bonds is 10. The van der Waals surface area contributed by atoms with Crippen LogP contribution in [0.3, 0.4) is 0 Å². The first kappa shape index (κ1) is 27.7. The van der Waals surface area contributed by atoms with Gasteiger partial charge in [-0.3, -0.25) is 9.59 Å². The minimum atomic E-state index is -0.836. The van der Waals surface area contributed by atoms with Gasteiger partial charge in [0.2, 0.25) is 11.5 Å². The lowest BCUT2D eigenvalue weighted by Gasteiger charge is -2.19. The smallest absolute Gasteiger partial charge is 0.248 e. The van der Waals surface area contributed by atoms with E-state index in [0.717, 1.165) is 16.7 Å². The van der Waals surface area contributed by atoms with Crippen LogP contribution in [-0.2, 0) is 24.2 Å². The zero-order valence-electron chi connectivity index (χ0n) is 20.8. The molecule has 0 aliphatic rings. The van der Waals surface area contributed by atoms with Crippen molar-refractivity contribution in [1.29, 1.82) is 0 Å². The number of fused-ring (bicyclic) bond motifs is 1. The number of aromatic nitrogens is 1. The number of carbonyl (C=O) groups is 1. The molecule has 0 aliphatic carbocycles. The van der Waals surface area contributed by atoms with E-state index in [1.54, 1.807) is 24.3 Å². The summed E-state index contributed by atoms with van der Waals surface area (Å²) in [7, 11) is 0. The third-order valence-corrected chi connectivity index (χ3v) is 7.04. The number of pyridine rings is 1. The Labute approximate surface area is 230 Å². The molecule has 1 aromatic heterocycles. The van der Waals surface area contributed by atoms with Crippen LogP contribution in [0.2, 0.25) is 10.0 Å². The molecule has 1 heterocycles. The molecule has 0 aliphatic heterocycles. The predicted molar refractivity (Wildman–Crippen MR) is 151 cm³/mol. The van der Waals surface area contributed by atoms with E-state index >= 15 is 0 Å². The van der Waals surface area contributed by atoms with E-state index in [1.165, 1.54) is 12.1 Å².